The number of halogens is 1. The van der Waals surface area contributed by atoms with Gasteiger partial charge in [-0.2, -0.15) is 0 Å². The molecule has 1 saturated heterocycles. The number of piperidine rings is 1. The van der Waals surface area contributed by atoms with Gasteiger partial charge in [0.2, 0.25) is 0 Å². The SMILES string of the molecule is COc1ccc2nccc(C(F)CC[C@@H]3CCN(CCCSc4ncccn4)C[C@@H]3CCC(=O)O)c2c1. The Morgan fingerprint density at radius 2 is 2.03 bits per heavy atom. The largest absolute Gasteiger partial charge is 0.497 e. The standard InChI is InChI=1S/C28H35FN4O3S/c1-36-22-6-8-26-24(18-22)23(10-14-30-26)25(29)7-4-20-11-16-33(19-21(20)5-9-27(34)35)15-3-17-37-28-31-12-2-13-32-28/h2,6,8,10,12-14,18,20-21,25H,3-5,7,9,11,15-17,19H2,1H3,(H,34,35)/t20-,21+,25?/m1/s1. The minimum Gasteiger partial charge on any atom is -0.497 e. The molecule has 0 radical (unpaired) electrons. The smallest absolute Gasteiger partial charge is 0.303 e. The molecule has 1 aliphatic heterocycles. The quantitative estimate of drug-likeness (QED) is 0.170. The van der Waals surface area contributed by atoms with Crippen LogP contribution in [0.3, 0.4) is 0 Å². The van der Waals surface area contributed by atoms with Crippen LogP contribution in [-0.2, 0) is 4.79 Å². The highest BCUT2D eigenvalue weighted by Gasteiger charge is 2.30. The van der Waals surface area contributed by atoms with Gasteiger partial charge in [0.1, 0.15) is 11.9 Å². The summed E-state index contributed by atoms with van der Waals surface area (Å²) in [5.74, 6) is 1.44. The fourth-order valence-electron chi connectivity index (χ4n) is 5.25. The van der Waals surface area contributed by atoms with E-state index in [1.54, 1.807) is 43.5 Å². The van der Waals surface area contributed by atoms with Crippen molar-refractivity contribution in [2.75, 3.05) is 32.5 Å². The molecule has 1 aliphatic rings. The normalized spacial score (nSPS) is 19.1. The molecule has 1 unspecified atom stereocenters. The van der Waals surface area contributed by atoms with Gasteiger partial charge in [-0.15, -0.1) is 0 Å². The van der Waals surface area contributed by atoms with Crippen molar-refractivity contribution in [3.63, 3.8) is 0 Å². The number of thioether (sulfide) groups is 1. The number of nitrogens with zero attached hydrogens (tertiary/aromatic N) is 4. The van der Waals surface area contributed by atoms with Crippen LogP contribution in [0.1, 0.15) is 50.3 Å². The predicted octanol–water partition coefficient (Wildman–Crippen LogP) is 5.81. The number of aliphatic carboxylic acids is 1. The van der Waals surface area contributed by atoms with Crippen LogP contribution < -0.4 is 4.74 Å². The summed E-state index contributed by atoms with van der Waals surface area (Å²) in [7, 11) is 1.60. The molecule has 4 rings (SSSR count). The minimum absolute atomic E-state index is 0.157. The third kappa shape index (κ3) is 7.85. The number of carboxylic acid groups (broad SMARTS) is 1. The lowest BCUT2D eigenvalue weighted by molar-refractivity contribution is -0.137. The first-order valence-electron chi connectivity index (χ1n) is 12.9. The highest BCUT2D eigenvalue weighted by atomic mass is 32.2. The molecular weight excluding hydrogens is 491 g/mol. The summed E-state index contributed by atoms with van der Waals surface area (Å²) in [5, 5.41) is 10.9. The number of hydrogen-bond donors (Lipinski definition) is 1. The van der Waals surface area contributed by atoms with E-state index in [1.165, 1.54) is 0 Å². The number of aromatic nitrogens is 3. The second-order valence-corrected chi connectivity index (χ2v) is 10.7. The van der Waals surface area contributed by atoms with Crippen molar-refractivity contribution < 1.29 is 19.0 Å². The molecule has 1 aromatic carbocycles. The van der Waals surface area contributed by atoms with Crippen LogP contribution in [-0.4, -0.2) is 63.4 Å². The molecule has 37 heavy (non-hydrogen) atoms. The number of methoxy groups -OCH3 is 1. The minimum atomic E-state index is -1.10. The van der Waals surface area contributed by atoms with Gasteiger partial charge in [0.15, 0.2) is 5.16 Å². The molecule has 1 fully saturated rings. The number of likely N-dealkylation sites (tertiary alicyclic amines) is 1. The molecule has 7 nitrogen and oxygen atoms in total. The Balaban J connectivity index is 1.32. The first kappa shape index (κ1) is 27.3. The third-order valence-corrected chi connectivity index (χ3v) is 8.17. The molecule has 2 aromatic heterocycles. The Bertz CT molecular complexity index is 1150. The van der Waals surface area contributed by atoms with Gasteiger partial charge in [-0.3, -0.25) is 9.78 Å². The van der Waals surface area contributed by atoms with E-state index in [1.807, 2.05) is 24.3 Å². The van der Waals surface area contributed by atoms with Crippen molar-refractivity contribution in [1.29, 1.82) is 0 Å². The highest BCUT2D eigenvalue weighted by molar-refractivity contribution is 7.99. The van der Waals surface area contributed by atoms with E-state index in [0.717, 1.165) is 60.7 Å². The molecule has 3 heterocycles. The van der Waals surface area contributed by atoms with Crippen LogP contribution in [0.25, 0.3) is 10.9 Å². The molecule has 3 aromatic rings. The third-order valence-electron chi connectivity index (χ3n) is 7.21. The van der Waals surface area contributed by atoms with Gasteiger partial charge in [-0.1, -0.05) is 11.8 Å². The molecular formula is C28H35FN4O3S. The number of alkyl halides is 1. The monoisotopic (exact) mass is 526 g/mol. The van der Waals surface area contributed by atoms with Gasteiger partial charge in [0.05, 0.1) is 12.6 Å². The van der Waals surface area contributed by atoms with Gasteiger partial charge in [-0.05, 0) is 92.9 Å². The first-order chi connectivity index (χ1) is 18.0. The van der Waals surface area contributed by atoms with Gasteiger partial charge >= 0.3 is 5.97 Å². The van der Waals surface area contributed by atoms with Crippen LogP contribution in [0, 0.1) is 11.8 Å². The number of hydrogen-bond acceptors (Lipinski definition) is 7. The summed E-state index contributed by atoms with van der Waals surface area (Å²) in [6.07, 6.45) is 8.00. The van der Waals surface area contributed by atoms with E-state index >= 15 is 4.39 Å². The zero-order valence-corrected chi connectivity index (χ0v) is 22.1. The second-order valence-electron chi connectivity index (χ2n) is 9.60. The van der Waals surface area contributed by atoms with E-state index < -0.39 is 12.1 Å². The fourth-order valence-corrected chi connectivity index (χ4v) is 5.98. The maximum atomic E-state index is 15.5. The van der Waals surface area contributed by atoms with Gasteiger partial charge < -0.3 is 14.7 Å². The second kappa shape index (κ2) is 13.7. The molecule has 9 heteroatoms. The van der Waals surface area contributed by atoms with Crippen LogP contribution >= 0.6 is 11.8 Å². The number of pyridine rings is 1. The Morgan fingerprint density at radius 3 is 2.81 bits per heavy atom. The zero-order valence-electron chi connectivity index (χ0n) is 21.3. The Morgan fingerprint density at radius 1 is 1.19 bits per heavy atom. The maximum absolute atomic E-state index is 15.5. The van der Waals surface area contributed by atoms with E-state index in [4.69, 9.17) is 4.74 Å². The average Bonchev–Trinajstić information content (AvgIpc) is 2.93. The van der Waals surface area contributed by atoms with Crippen LogP contribution in [0.15, 0.2) is 54.1 Å². The summed E-state index contributed by atoms with van der Waals surface area (Å²) >= 11 is 1.66. The maximum Gasteiger partial charge on any atom is 0.303 e. The molecule has 0 bridgehead atoms. The van der Waals surface area contributed by atoms with E-state index in [2.05, 4.69) is 19.9 Å². The van der Waals surface area contributed by atoms with Crippen molar-refractivity contribution in [3.8, 4) is 5.75 Å². The number of rotatable bonds is 13. The molecule has 1 N–H and O–H groups in total. The van der Waals surface area contributed by atoms with Crippen molar-refractivity contribution in [2.24, 2.45) is 11.8 Å². The van der Waals surface area contributed by atoms with Gasteiger partial charge in [-0.25, -0.2) is 14.4 Å². The van der Waals surface area contributed by atoms with Gasteiger partial charge in [0, 0.05) is 42.7 Å². The van der Waals surface area contributed by atoms with E-state index in [9.17, 15) is 9.90 Å². The number of benzene rings is 1. The van der Waals surface area contributed by atoms with E-state index in [0.29, 0.717) is 30.1 Å². The lowest BCUT2D eigenvalue weighted by Crippen LogP contribution is -2.41. The number of fused-ring (bicyclic) bond motifs is 1. The van der Waals surface area contributed by atoms with Crippen LogP contribution in [0.4, 0.5) is 4.39 Å². The summed E-state index contributed by atoms with van der Waals surface area (Å²) in [6.45, 7) is 2.80. The molecule has 0 spiro atoms. The summed E-state index contributed by atoms with van der Waals surface area (Å²) in [6, 6.07) is 9.11. The zero-order chi connectivity index (χ0) is 26.0. The van der Waals surface area contributed by atoms with E-state index in [-0.39, 0.29) is 12.3 Å². The summed E-state index contributed by atoms with van der Waals surface area (Å²) in [4.78, 5) is 26.6. The highest BCUT2D eigenvalue weighted by Crippen LogP contribution is 2.36. The number of carboxylic acids is 1. The van der Waals surface area contributed by atoms with Crippen LogP contribution in [0.2, 0.25) is 0 Å². The predicted molar refractivity (Wildman–Crippen MR) is 144 cm³/mol. The topological polar surface area (TPSA) is 88.4 Å². The first-order valence-corrected chi connectivity index (χ1v) is 13.9. The fraction of sp³-hybridized carbons (Fsp3) is 0.500. The number of carbonyl (C=O) groups is 1. The Labute approximate surface area is 221 Å². The van der Waals surface area contributed by atoms with Crippen molar-refractivity contribution in [2.45, 2.75) is 49.9 Å². The van der Waals surface area contributed by atoms with Crippen molar-refractivity contribution in [3.05, 3.63) is 54.5 Å². The molecule has 0 saturated carbocycles. The van der Waals surface area contributed by atoms with Gasteiger partial charge in [0.25, 0.3) is 0 Å². The van der Waals surface area contributed by atoms with Crippen LogP contribution in [0.5, 0.6) is 5.75 Å². The Kier molecular flexibility index (Phi) is 10.1. The lowest BCUT2D eigenvalue weighted by atomic mass is 9.79. The summed E-state index contributed by atoms with van der Waals surface area (Å²) < 4.78 is 20.9. The number of ether oxygens (including phenoxy) is 1. The summed E-state index contributed by atoms with van der Waals surface area (Å²) in [5.41, 5.74) is 1.40. The molecule has 0 amide bonds. The molecule has 198 valence electrons. The van der Waals surface area contributed by atoms with Crippen molar-refractivity contribution >= 4 is 28.6 Å². The Hall–Kier alpha value is -2.78. The lowest BCUT2D eigenvalue weighted by Gasteiger charge is -2.39. The molecule has 3 atom stereocenters. The molecule has 0 aliphatic carbocycles. The van der Waals surface area contributed by atoms with Crippen molar-refractivity contribution in [1.82, 2.24) is 19.9 Å². The average molecular weight is 527 g/mol.